The molecule has 0 aliphatic carbocycles. The first-order valence-electron chi connectivity index (χ1n) is 7.02. The highest BCUT2D eigenvalue weighted by molar-refractivity contribution is 7.15. The van der Waals surface area contributed by atoms with Gasteiger partial charge in [0.2, 0.25) is 11.0 Å². The van der Waals surface area contributed by atoms with E-state index in [1.807, 2.05) is 13.0 Å². The summed E-state index contributed by atoms with van der Waals surface area (Å²) in [6.45, 7) is 4.09. The monoisotopic (exact) mass is 306 g/mol. The van der Waals surface area contributed by atoms with Crippen molar-refractivity contribution in [3.05, 3.63) is 23.0 Å². The van der Waals surface area contributed by atoms with Gasteiger partial charge in [-0.15, -0.1) is 10.2 Å². The van der Waals surface area contributed by atoms with Crippen molar-refractivity contribution in [2.45, 2.75) is 25.7 Å². The van der Waals surface area contributed by atoms with E-state index < -0.39 is 0 Å². The van der Waals surface area contributed by atoms with Crippen molar-refractivity contribution in [2.75, 3.05) is 25.0 Å². The van der Waals surface area contributed by atoms with Crippen molar-refractivity contribution in [1.82, 2.24) is 25.3 Å². The van der Waals surface area contributed by atoms with Crippen molar-refractivity contribution < 1.29 is 4.79 Å². The Bertz CT molecular complexity index is 596. The van der Waals surface area contributed by atoms with Crippen LogP contribution in [0.2, 0.25) is 0 Å². The molecule has 8 heteroatoms. The lowest BCUT2D eigenvalue weighted by atomic mass is 9.95. The minimum atomic E-state index is -0.0311. The predicted octanol–water partition coefficient (Wildman–Crippen LogP) is 1.39. The van der Waals surface area contributed by atoms with E-state index >= 15 is 0 Å². The van der Waals surface area contributed by atoms with Gasteiger partial charge in [-0.25, -0.2) is 0 Å². The number of carbonyl (C=O) groups excluding carboxylic acids is 1. The van der Waals surface area contributed by atoms with Crippen LogP contribution in [0.1, 0.15) is 29.5 Å². The number of likely N-dealkylation sites (tertiary alicyclic amines) is 1. The van der Waals surface area contributed by atoms with Crippen LogP contribution in [0.5, 0.6) is 0 Å². The number of amides is 1. The van der Waals surface area contributed by atoms with E-state index in [4.69, 9.17) is 0 Å². The Morgan fingerprint density at radius 1 is 1.57 bits per heavy atom. The highest BCUT2D eigenvalue weighted by Crippen LogP contribution is 2.25. The van der Waals surface area contributed by atoms with E-state index in [0.717, 1.165) is 36.6 Å². The Morgan fingerprint density at radius 3 is 3.19 bits per heavy atom. The molecule has 0 unspecified atom stereocenters. The maximum Gasteiger partial charge on any atom is 0.240 e. The number of nitrogens with one attached hydrogen (secondary N) is 2. The highest BCUT2D eigenvalue weighted by Gasteiger charge is 2.23. The molecule has 1 amide bonds. The number of rotatable bonds is 4. The van der Waals surface area contributed by atoms with Gasteiger partial charge in [-0.05, 0) is 32.4 Å². The molecular formula is C13H18N6OS. The lowest BCUT2D eigenvalue weighted by Gasteiger charge is -2.31. The maximum absolute atomic E-state index is 12.0. The number of piperidine rings is 1. The molecule has 112 valence electrons. The van der Waals surface area contributed by atoms with E-state index in [-0.39, 0.29) is 5.91 Å². The molecule has 1 saturated heterocycles. The van der Waals surface area contributed by atoms with Gasteiger partial charge < -0.3 is 0 Å². The van der Waals surface area contributed by atoms with Gasteiger partial charge in [0, 0.05) is 24.4 Å². The van der Waals surface area contributed by atoms with Crippen LogP contribution in [0.4, 0.5) is 5.13 Å². The molecule has 2 aromatic heterocycles. The summed E-state index contributed by atoms with van der Waals surface area (Å²) >= 11 is 1.39. The van der Waals surface area contributed by atoms with Gasteiger partial charge in [0.25, 0.3) is 0 Å². The lowest BCUT2D eigenvalue weighted by Crippen LogP contribution is -2.39. The van der Waals surface area contributed by atoms with Crippen LogP contribution in [-0.4, -0.2) is 50.8 Å². The summed E-state index contributed by atoms with van der Waals surface area (Å²) < 4.78 is 0. The molecule has 7 nitrogen and oxygen atoms in total. The number of aryl methyl sites for hydroxylation is 1. The molecular weight excluding hydrogens is 288 g/mol. The normalized spacial score (nSPS) is 19.6. The number of H-pyrrole nitrogens is 1. The molecule has 2 aromatic rings. The lowest BCUT2D eigenvalue weighted by molar-refractivity contribution is -0.117. The van der Waals surface area contributed by atoms with Gasteiger partial charge in [-0.3, -0.25) is 20.1 Å². The molecule has 3 rings (SSSR count). The summed E-state index contributed by atoms with van der Waals surface area (Å²) in [7, 11) is 0. The van der Waals surface area contributed by atoms with Crippen molar-refractivity contribution in [3.63, 3.8) is 0 Å². The summed E-state index contributed by atoms with van der Waals surface area (Å²) in [6, 6.07) is 2.01. The molecule has 0 spiro atoms. The third-order valence-electron chi connectivity index (χ3n) is 3.61. The van der Waals surface area contributed by atoms with Crippen LogP contribution < -0.4 is 5.32 Å². The number of hydrogen-bond acceptors (Lipinski definition) is 6. The molecule has 0 bridgehead atoms. The number of carbonyl (C=O) groups is 1. The molecule has 0 saturated carbocycles. The molecule has 1 aliphatic heterocycles. The van der Waals surface area contributed by atoms with Gasteiger partial charge in [-0.2, -0.15) is 5.10 Å². The van der Waals surface area contributed by atoms with Crippen molar-refractivity contribution >= 4 is 22.4 Å². The number of aromatic nitrogens is 4. The Morgan fingerprint density at radius 2 is 2.48 bits per heavy atom. The average molecular weight is 306 g/mol. The summed E-state index contributed by atoms with van der Waals surface area (Å²) in [5, 5.41) is 19.1. The second-order valence-corrected chi connectivity index (χ2v) is 6.44. The quantitative estimate of drug-likeness (QED) is 0.891. The summed E-state index contributed by atoms with van der Waals surface area (Å²) in [4.78, 5) is 14.2. The van der Waals surface area contributed by atoms with Crippen LogP contribution in [-0.2, 0) is 4.79 Å². The Balaban J connectivity index is 1.53. The zero-order valence-corrected chi connectivity index (χ0v) is 12.7. The molecule has 2 N–H and O–H groups in total. The molecule has 1 atom stereocenters. The number of hydrogen-bond donors (Lipinski definition) is 2. The third-order valence-corrected chi connectivity index (χ3v) is 4.36. The molecule has 1 fully saturated rings. The van der Waals surface area contributed by atoms with Crippen LogP contribution in [0.3, 0.4) is 0 Å². The SMILES string of the molecule is Cc1nnc(NC(=O)CN2CCC[C@@H](c3ccn[nH]3)C2)s1. The number of nitrogens with zero attached hydrogens (tertiary/aromatic N) is 4. The second kappa shape index (κ2) is 6.31. The zero-order chi connectivity index (χ0) is 14.7. The summed E-state index contributed by atoms with van der Waals surface area (Å²) in [5.74, 6) is 0.397. The Hall–Kier alpha value is -1.80. The first kappa shape index (κ1) is 14.2. The summed E-state index contributed by atoms with van der Waals surface area (Å²) in [5.41, 5.74) is 1.15. The molecule has 0 radical (unpaired) electrons. The highest BCUT2D eigenvalue weighted by atomic mass is 32.1. The maximum atomic E-state index is 12.0. The molecule has 3 heterocycles. The van der Waals surface area contributed by atoms with Gasteiger partial charge in [-0.1, -0.05) is 11.3 Å². The van der Waals surface area contributed by atoms with Gasteiger partial charge >= 0.3 is 0 Å². The Labute approximate surface area is 126 Å². The van der Waals surface area contributed by atoms with Crippen LogP contribution in [0, 0.1) is 6.92 Å². The molecule has 21 heavy (non-hydrogen) atoms. The zero-order valence-electron chi connectivity index (χ0n) is 11.9. The van der Waals surface area contributed by atoms with Gasteiger partial charge in [0.05, 0.1) is 6.54 Å². The van der Waals surface area contributed by atoms with E-state index in [0.29, 0.717) is 17.6 Å². The molecule has 1 aliphatic rings. The average Bonchev–Trinajstić information content (AvgIpc) is 3.11. The largest absolute Gasteiger partial charge is 0.299 e. The van der Waals surface area contributed by atoms with Gasteiger partial charge in [0.1, 0.15) is 5.01 Å². The van der Waals surface area contributed by atoms with Crippen molar-refractivity contribution in [1.29, 1.82) is 0 Å². The number of anilines is 1. The van der Waals surface area contributed by atoms with Crippen LogP contribution in [0.25, 0.3) is 0 Å². The van der Waals surface area contributed by atoms with E-state index in [9.17, 15) is 4.79 Å². The Kier molecular flexibility index (Phi) is 4.26. The minimum absolute atomic E-state index is 0.0311. The van der Waals surface area contributed by atoms with E-state index in [1.165, 1.54) is 11.3 Å². The first-order valence-corrected chi connectivity index (χ1v) is 7.84. The topological polar surface area (TPSA) is 86.8 Å². The standard InChI is InChI=1S/C13H18N6OS/c1-9-16-18-13(21-9)15-12(20)8-19-6-2-3-10(7-19)11-4-5-14-17-11/h4-5,10H,2-3,6-8H2,1H3,(H,14,17)(H,15,18,20)/t10-/m1/s1. The van der Waals surface area contributed by atoms with E-state index in [2.05, 4.69) is 30.6 Å². The third kappa shape index (κ3) is 3.64. The van der Waals surface area contributed by atoms with Crippen LogP contribution in [0.15, 0.2) is 12.3 Å². The number of aromatic amines is 1. The van der Waals surface area contributed by atoms with Crippen LogP contribution >= 0.6 is 11.3 Å². The van der Waals surface area contributed by atoms with Gasteiger partial charge in [0.15, 0.2) is 0 Å². The first-order chi connectivity index (χ1) is 10.2. The van der Waals surface area contributed by atoms with Crippen molar-refractivity contribution in [2.24, 2.45) is 0 Å². The van der Waals surface area contributed by atoms with E-state index in [1.54, 1.807) is 6.20 Å². The fraction of sp³-hybridized carbons (Fsp3) is 0.538. The molecule has 0 aromatic carbocycles. The second-order valence-electron chi connectivity index (χ2n) is 5.26. The smallest absolute Gasteiger partial charge is 0.240 e. The van der Waals surface area contributed by atoms with Crippen molar-refractivity contribution in [3.8, 4) is 0 Å². The summed E-state index contributed by atoms with van der Waals surface area (Å²) in [6.07, 6.45) is 4.00. The fourth-order valence-corrected chi connectivity index (χ4v) is 3.26. The predicted molar refractivity (Wildman–Crippen MR) is 80.3 cm³/mol. The fourth-order valence-electron chi connectivity index (χ4n) is 2.66. The minimum Gasteiger partial charge on any atom is -0.299 e.